The molecular weight excluding hydrogens is 234 g/mol. The number of nitrogens with one attached hydrogen (secondary N) is 1. The number of hydrogen-bond donors (Lipinski definition) is 2. The van der Waals surface area contributed by atoms with E-state index in [0.29, 0.717) is 29.8 Å². The summed E-state index contributed by atoms with van der Waals surface area (Å²) in [6, 6.07) is 3.51. The summed E-state index contributed by atoms with van der Waals surface area (Å²) in [6.07, 6.45) is 1.50. The Morgan fingerprint density at radius 1 is 1.44 bits per heavy atom. The first-order valence-electron chi connectivity index (χ1n) is 5.81. The summed E-state index contributed by atoms with van der Waals surface area (Å²) < 4.78 is 5.19. The molecule has 1 aliphatic carbocycles. The van der Waals surface area contributed by atoms with Gasteiger partial charge < -0.3 is 15.2 Å². The molecular formula is C13H13NO4. The maximum atomic E-state index is 11.5. The fourth-order valence-electron chi connectivity index (χ4n) is 2.54. The highest BCUT2D eigenvalue weighted by atomic mass is 16.5. The number of ether oxygens (including phenoxy) is 1. The molecule has 2 N–H and O–H groups in total. The molecule has 0 saturated heterocycles. The Hall–Kier alpha value is -2.04. The van der Waals surface area contributed by atoms with Crippen LogP contribution in [0.25, 0.3) is 0 Å². The number of carboxylic acids is 1. The summed E-state index contributed by atoms with van der Waals surface area (Å²) in [5, 5.41) is 12.1. The van der Waals surface area contributed by atoms with Crippen molar-refractivity contribution < 1.29 is 19.4 Å². The van der Waals surface area contributed by atoms with Crippen LogP contribution in [-0.4, -0.2) is 24.1 Å². The average Bonchev–Trinajstić information content (AvgIpc) is 3.05. The maximum Gasteiger partial charge on any atom is 0.314 e. The summed E-state index contributed by atoms with van der Waals surface area (Å²) in [7, 11) is 1.54. The quantitative estimate of drug-likeness (QED) is 0.844. The van der Waals surface area contributed by atoms with E-state index >= 15 is 0 Å². The van der Waals surface area contributed by atoms with Gasteiger partial charge in [-0.3, -0.25) is 9.59 Å². The monoisotopic (exact) mass is 247 g/mol. The lowest BCUT2D eigenvalue weighted by Crippen LogP contribution is -2.21. The van der Waals surface area contributed by atoms with Gasteiger partial charge in [0.25, 0.3) is 0 Å². The number of benzene rings is 1. The highest BCUT2D eigenvalue weighted by Crippen LogP contribution is 2.53. The number of carboxylic acid groups (broad SMARTS) is 1. The second-order valence-corrected chi connectivity index (χ2v) is 4.82. The second-order valence-electron chi connectivity index (χ2n) is 4.82. The molecule has 5 heteroatoms. The zero-order valence-corrected chi connectivity index (χ0v) is 9.95. The number of carbonyl (C=O) groups excluding carboxylic acids is 1. The first kappa shape index (κ1) is 11.1. The summed E-state index contributed by atoms with van der Waals surface area (Å²) >= 11 is 0. The number of rotatable bonds is 3. The number of aliphatic carboxylic acids is 1. The number of methoxy groups -OCH3 is 1. The molecule has 0 spiro atoms. The minimum Gasteiger partial charge on any atom is -0.497 e. The molecule has 0 atom stereocenters. The van der Waals surface area contributed by atoms with Crippen LogP contribution in [0.5, 0.6) is 5.75 Å². The topological polar surface area (TPSA) is 75.6 Å². The van der Waals surface area contributed by atoms with Crippen LogP contribution in [0.4, 0.5) is 5.69 Å². The number of carbonyl (C=O) groups is 2. The molecule has 0 unspecified atom stereocenters. The first-order valence-corrected chi connectivity index (χ1v) is 5.81. The zero-order chi connectivity index (χ0) is 12.9. The van der Waals surface area contributed by atoms with E-state index in [4.69, 9.17) is 4.74 Å². The molecule has 5 nitrogen and oxygen atoms in total. The van der Waals surface area contributed by atoms with Gasteiger partial charge in [-0.15, -0.1) is 0 Å². The minimum absolute atomic E-state index is 0.0966. The molecule has 1 saturated carbocycles. The van der Waals surface area contributed by atoms with Crippen molar-refractivity contribution in [3.8, 4) is 5.75 Å². The van der Waals surface area contributed by atoms with E-state index in [0.717, 1.165) is 5.56 Å². The Kier molecular flexibility index (Phi) is 2.14. The minimum atomic E-state index is -0.837. The van der Waals surface area contributed by atoms with Crippen molar-refractivity contribution in [3.63, 3.8) is 0 Å². The van der Waals surface area contributed by atoms with Gasteiger partial charge in [-0.2, -0.15) is 0 Å². The lowest BCUT2D eigenvalue weighted by atomic mass is 9.92. The fourth-order valence-corrected chi connectivity index (χ4v) is 2.54. The van der Waals surface area contributed by atoms with Crippen LogP contribution in [0.15, 0.2) is 12.1 Å². The highest BCUT2D eigenvalue weighted by molar-refractivity contribution is 6.02. The van der Waals surface area contributed by atoms with Gasteiger partial charge in [0.1, 0.15) is 5.75 Å². The zero-order valence-electron chi connectivity index (χ0n) is 9.95. The largest absolute Gasteiger partial charge is 0.497 e. The summed E-state index contributed by atoms with van der Waals surface area (Å²) in [6.45, 7) is 0. The van der Waals surface area contributed by atoms with Crippen molar-refractivity contribution in [2.75, 3.05) is 12.4 Å². The molecule has 94 valence electrons. The van der Waals surface area contributed by atoms with Crippen LogP contribution >= 0.6 is 0 Å². The van der Waals surface area contributed by atoms with E-state index in [1.807, 2.05) is 0 Å². The Labute approximate surface area is 104 Å². The standard InChI is InChI=1S/C13H13NO4/c1-18-8-4-7-5-10(15)14-11(7)9(6-8)13(2-3-13)12(16)17/h4,6H,2-3,5H2,1H3,(H,14,15)(H,16,17). The normalized spacial score (nSPS) is 19.1. The molecule has 0 radical (unpaired) electrons. The fraction of sp³-hybridized carbons (Fsp3) is 0.385. The third-order valence-electron chi connectivity index (χ3n) is 3.72. The number of hydrogen-bond acceptors (Lipinski definition) is 3. The van der Waals surface area contributed by atoms with Crippen LogP contribution in [0.2, 0.25) is 0 Å². The van der Waals surface area contributed by atoms with Crippen molar-refractivity contribution in [1.82, 2.24) is 0 Å². The Balaban J connectivity index is 2.18. The van der Waals surface area contributed by atoms with E-state index in [1.165, 1.54) is 7.11 Å². The van der Waals surface area contributed by atoms with Gasteiger partial charge in [-0.05, 0) is 36.1 Å². The summed E-state index contributed by atoms with van der Waals surface area (Å²) in [5.74, 6) is -0.326. The molecule has 1 aromatic carbocycles. The predicted molar refractivity (Wildman–Crippen MR) is 63.9 cm³/mol. The van der Waals surface area contributed by atoms with Crippen molar-refractivity contribution in [1.29, 1.82) is 0 Å². The van der Waals surface area contributed by atoms with Crippen LogP contribution in [-0.2, 0) is 21.4 Å². The second kappa shape index (κ2) is 3.48. The van der Waals surface area contributed by atoms with Crippen molar-refractivity contribution >= 4 is 17.6 Å². The molecule has 0 aromatic heterocycles. The lowest BCUT2D eigenvalue weighted by Gasteiger charge is -2.16. The van der Waals surface area contributed by atoms with Gasteiger partial charge in [0, 0.05) is 5.69 Å². The third kappa shape index (κ3) is 1.40. The van der Waals surface area contributed by atoms with Crippen molar-refractivity contribution in [3.05, 3.63) is 23.3 Å². The van der Waals surface area contributed by atoms with E-state index in [2.05, 4.69) is 5.32 Å². The Morgan fingerprint density at radius 2 is 2.17 bits per heavy atom. The lowest BCUT2D eigenvalue weighted by molar-refractivity contribution is -0.140. The van der Waals surface area contributed by atoms with E-state index in [1.54, 1.807) is 12.1 Å². The summed E-state index contributed by atoms with van der Waals surface area (Å²) in [4.78, 5) is 22.9. The van der Waals surface area contributed by atoms with Crippen molar-refractivity contribution in [2.45, 2.75) is 24.7 Å². The molecule has 18 heavy (non-hydrogen) atoms. The molecule has 1 fully saturated rings. The number of anilines is 1. The maximum absolute atomic E-state index is 11.5. The highest BCUT2D eigenvalue weighted by Gasteiger charge is 2.54. The van der Waals surface area contributed by atoms with Gasteiger partial charge >= 0.3 is 5.97 Å². The van der Waals surface area contributed by atoms with Gasteiger partial charge in [0.2, 0.25) is 5.91 Å². The van der Waals surface area contributed by atoms with Gasteiger partial charge in [-0.1, -0.05) is 0 Å². The van der Waals surface area contributed by atoms with E-state index in [9.17, 15) is 14.7 Å². The molecule has 1 amide bonds. The van der Waals surface area contributed by atoms with Crippen LogP contribution in [0, 0.1) is 0 Å². The molecule has 1 heterocycles. The molecule has 3 rings (SSSR count). The molecule has 2 aliphatic rings. The summed E-state index contributed by atoms with van der Waals surface area (Å²) in [5.41, 5.74) is 1.33. The number of fused-ring (bicyclic) bond motifs is 1. The Bertz CT molecular complexity index is 560. The van der Waals surface area contributed by atoms with Gasteiger partial charge in [0.05, 0.1) is 18.9 Å². The van der Waals surface area contributed by atoms with Gasteiger partial charge in [-0.25, -0.2) is 0 Å². The van der Waals surface area contributed by atoms with Crippen molar-refractivity contribution in [2.24, 2.45) is 0 Å². The first-order chi connectivity index (χ1) is 8.56. The van der Waals surface area contributed by atoms with E-state index < -0.39 is 11.4 Å². The van der Waals surface area contributed by atoms with Crippen LogP contribution in [0.3, 0.4) is 0 Å². The van der Waals surface area contributed by atoms with E-state index in [-0.39, 0.29) is 12.3 Å². The predicted octanol–water partition coefficient (Wildman–Crippen LogP) is 1.31. The van der Waals surface area contributed by atoms with Crippen LogP contribution in [0.1, 0.15) is 24.0 Å². The average molecular weight is 247 g/mol. The van der Waals surface area contributed by atoms with Gasteiger partial charge in [0.15, 0.2) is 0 Å². The molecule has 1 aliphatic heterocycles. The third-order valence-corrected chi connectivity index (χ3v) is 3.72. The smallest absolute Gasteiger partial charge is 0.314 e. The Morgan fingerprint density at radius 3 is 2.72 bits per heavy atom. The SMILES string of the molecule is COc1cc2c(c(C3(C(=O)O)CC3)c1)NC(=O)C2. The molecule has 0 bridgehead atoms. The molecule has 1 aromatic rings. The number of amides is 1. The van der Waals surface area contributed by atoms with Crippen LogP contribution < -0.4 is 10.1 Å².